The number of hydrazine groups is 1. The Morgan fingerprint density at radius 1 is 0.931 bits per heavy atom. The number of phenolic OH excluding ortho intramolecular Hbond substituents is 1. The quantitative estimate of drug-likeness (QED) is 0.473. The van der Waals surface area contributed by atoms with Gasteiger partial charge >= 0.3 is 0 Å². The number of hydrogen-bond donors (Lipinski definition) is 4. The first kappa shape index (κ1) is 19.5. The van der Waals surface area contributed by atoms with Crippen molar-refractivity contribution in [1.82, 2.24) is 10.9 Å². The average molecular weight is 395 g/mol. The molecule has 0 radical (unpaired) electrons. The van der Waals surface area contributed by atoms with Gasteiger partial charge in [0.25, 0.3) is 17.7 Å². The first-order valence-corrected chi connectivity index (χ1v) is 8.48. The van der Waals surface area contributed by atoms with Gasteiger partial charge in [0.2, 0.25) is 0 Å². The number of rotatable bonds is 6. The molecule has 1 heterocycles. The molecule has 3 rings (SSSR count). The molecule has 9 heteroatoms. The van der Waals surface area contributed by atoms with Crippen molar-refractivity contribution in [3.63, 3.8) is 0 Å². The summed E-state index contributed by atoms with van der Waals surface area (Å²) in [4.78, 5) is 35.7. The Morgan fingerprint density at radius 3 is 2.52 bits per heavy atom. The van der Waals surface area contributed by atoms with Gasteiger partial charge in [-0.05, 0) is 36.4 Å². The Balaban J connectivity index is 1.48. The summed E-state index contributed by atoms with van der Waals surface area (Å²) in [7, 11) is 0. The van der Waals surface area contributed by atoms with E-state index in [4.69, 9.17) is 9.15 Å². The Kier molecular flexibility index (Phi) is 6.11. The van der Waals surface area contributed by atoms with Crippen LogP contribution in [0.1, 0.15) is 20.9 Å². The lowest BCUT2D eigenvalue weighted by Crippen LogP contribution is -2.43. The van der Waals surface area contributed by atoms with Crippen molar-refractivity contribution in [3.8, 4) is 11.5 Å². The fraction of sp³-hybridized carbons (Fsp3) is 0.0500. The van der Waals surface area contributed by atoms with Crippen LogP contribution in [0.15, 0.2) is 71.3 Å². The Labute approximate surface area is 165 Å². The lowest BCUT2D eigenvalue weighted by atomic mass is 10.2. The highest BCUT2D eigenvalue weighted by atomic mass is 16.5. The molecule has 0 spiro atoms. The van der Waals surface area contributed by atoms with Gasteiger partial charge in [-0.3, -0.25) is 25.2 Å². The predicted molar refractivity (Wildman–Crippen MR) is 102 cm³/mol. The second-order valence-electron chi connectivity index (χ2n) is 5.77. The van der Waals surface area contributed by atoms with Crippen LogP contribution in [0, 0.1) is 0 Å². The molecule has 0 aliphatic heterocycles. The van der Waals surface area contributed by atoms with E-state index in [0.29, 0.717) is 11.4 Å². The summed E-state index contributed by atoms with van der Waals surface area (Å²) in [6, 6.07) is 15.5. The molecule has 3 amide bonds. The topological polar surface area (TPSA) is 130 Å². The van der Waals surface area contributed by atoms with Crippen LogP contribution >= 0.6 is 0 Å². The third kappa shape index (κ3) is 5.36. The molecule has 0 saturated heterocycles. The summed E-state index contributed by atoms with van der Waals surface area (Å²) >= 11 is 0. The molecule has 0 fully saturated rings. The number of aromatic hydroxyl groups is 1. The van der Waals surface area contributed by atoms with Crippen molar-refractivity contribution < 1.29 is 28.6 Å². The molecule has 29 heavy (non-hydrogen) atoms. The first-order valence-electron chi connectivity index (χ1n) is 8.48. The van der Waals surface area contributed by atoms with Crippen molar-refractivity contribution in [2.24, 2.45) is 0 Å². The van der Waals surface area contributed by atoms with Crippen LogP contribution in [0.2, 0.25) is 0 Å². The van der Waals surface area contributed by atoms with Crippen LogP contribution in [0.3, 0.4) is 0 Å². The first-order chi connectivity index (χ1) is 14.0. The van der Waals surface area contributed by atoms with Crippen molar-refractivity contribution in [2.75, 3.05) is 11.9 Å². The zero-order chi connectivity index (χ0) is 20.6. The number of nitrogens with one attached hydrogen (secondary N) is 3. The zero-order valence-corrected chi connectivity index (χ0v) is 15.0. The van der Waals surface area contributed by atoms with Crippen LogP contribution in [-0.4, -0.2) is 29.4 Å². The molecule has 0 aliphatic rings. The highest BCUT2D eigenvalue weighted by Crippen LogP contribution is 2.18. The number of furan rings is 1. The highest BCUT2D eigenvalue weighted by molar-refractivity contribution is 6.02. The van der Waals surface area contributed by atoms with E-state index in [2.05, 4.69) is 16.2 Å². The van der Waals surface area contributed by atoms with Crippen molar-refractivity contribution in [3.05, 3.63) is 78.3 Å². The van der Waals surface area contributed by atoms with Crippen molar-refractivity contribution in [2.45, 2.75) is 0 Å². The zero-order valence-electron chi connectivity index (χ0n) is 15.0. The number of carbonyl (C=O) groups excluding carboxylic acids is 3. The van der Waals surface area contributed by atoms with Crippen LogP contribution in [0.4, 0.5) is 5.69 Å². The molecule has 9 nitrogen and oxygen atoms in total. The number of para-hydroxylation sites is 1. The lowest BCUT2D eigenvalue weighted by Gasteiger charge is -2.10. The van der Waals surface area contributed by atoms with E-state index in [9.17, 15) is 19.5 Å². The van der Waals surface area contributed by atoms with Crippen molar-refractivity contribution >= 4 is 23.4 Å². The number of hydrogen-bond acceptors (Lipinski definition) is 6. The van der Waals surface area contributed by atoms with Gasteiger partial charge in [0.15, 0.2) is 12.4 Å². The number of benzene rings is 2. The second kappa shape index (κ2) is 9.09. The molecule has 0 aliphatic carbocycles. The summed E-state index contributed by atoms with van der Waals surface area (Å²) in [6.45, 7) is -0.378. The van der Waals surface area contributed by atoms with E-state index in [1.807, 2.05) is 0 Å². The minimum atomic E-state index is -0.668. The smallest absolute Gasteiger partial charge is 0.291 e. The van der Waals surface area contributed by atoms with Crippen LogP contribution in [0.5, 0.6) is 11.5 Å². The minimum absolute atomic E-state index is 0.0220. The second-order valence-corrected chi connectivity index (χ2v) is 5.77. The number of carbonyl (C=O) groups is 3. The number of amides is 3. The normalized spacial score (nSPS) is 10.1. The fourth-order valence-electron chi connectivity index (χ4n) is 2.31. The third-order valence-electron chi connectivity index (χ3n) is 3.67. The molecule has 0 bridgehead atoms. The van der Waals surface area contributed by atoms with Crippen LogP contribution < -0.4 is 20.9 Å². The van der Waals surface area contributed by atoms with Gasteiger partial charge in [0, 0.05) is 11.8 Å². The van der Waals surface area contributed by atoms with E-state index in [0.717, 1.165) is 0 Å². The van der Waals surface area contributed by atoms with E-state index in [-0.39, 0.29) is 23.7 Å². The standard InChI is InChI=1S/C20H17N3O6/c24-16-8-2-1-7-15(16)19(26)23-22-18(25)12-29-14-6-3-5-13(11-14)21-20(27)17-9-4-10-28-17/h1-11,24H,12H2,(H,21,27)(H,22,25)(H,23,26). The molecule has 0 unspecified atom stereocenters. The molecule has 0 saturated carbocycles. The average Bonchev–Trinajstić information content (AvgIpc) is 3.26. The van der Waals surface area contributed by atoms with Gasteiger partial charge in [-0.15, -0.1) is 0 Å². The maximum atomic E-state index is 12.0. The number of phenols is 1. The Hall–Kier alpha value is -4.27. The van der Waals surface area contributed by atoms with Gasteiger partial charge in [0.1, 0.15) is 11.5 Å². The van der Waals surface area contributed by atoms with Gasteiger partial charge in [0.05, 0.1) is 11.8 Å². The van der Waals surface area contributed by atoms with E-state index >= 15 is 0 Å². The highest BCUT2D eigenvalue weighted by Gasteiger charge is 2.12. The maximum absolute atomic E-state index is 12.0. The molecule has 1 aromatic heterocycles. The van der Waals surface area contributed by atoms with Crippen LogP contribution in [0.25, 0.3) is 0 Å². The third-order valence-corrected chi connectivity index (χ3v) is 3.67. The summed E-state index contributed by atoms with van der Waals surface area (Å²) in [5.41, 5.74) is 4.85. The fourth-order valence-corrected chi connectivity index (χ4v) is 2.31. The monoisotopic (exact) mass is 395 g/mol. The number of ether oxygens (including phenoxy) is 1. The van der Waals surface area contributed by atoms with Gasteiger partial charge < -0.3 is 19.6 Å². The van der Waals surface area contributed by atoms with E-state index < -0.39 is 17.7 Å². The van der Waals surface area contributed by atoms with Gasteiger partial charge in [-0.2, -0.15) is 0 Å². The molecule has 148 valence electrons. The predicted octanol–water partition coefficient (Wildman–Crippen LogP) is 2.08. The van der Waals surface area contributed by atoms with Crippen LogP contribution in [-0.2, 0) is 4.79 Å². The molecule has 4 N–H and O–H groups in total. The molecular weight excluding hydrogens is 378 g/mol. The van der Waals surface area contributed by atoms with E-state index in [1.165, 1.54) is 30.5 Å². The molecule has 0 atom stereocenters. The summed E-state index contributed by atoms with van der Waals surface area (Å²) in [6.07, 6.45) is 1.39. The van der Waals surface area contributed by atoms with Gasteiger partial charge in [-0.25, -0.2) is 0 Å². The summed E-state index contributed by atoms with van der Waals surface area (Å²) in [5.74, 6) is -1.40. The molecule has 2 aromatic carbocycles. The largest absolute Gasteiger partial charge is 0.507 e. The summed E-state index contributed by atoms with van der Waals surface area (Å²) in [5, 5.41) is 12.3. The van der Waals surface area contributed by atoms with Gasteiger partial charge in [-0.1, -0.05) is 18.2 Å². The Bertz CT molecular complexity index is 1020. The Morgan fingerprint density at radius 2 is 1.76 bits per heavy atom. The van der Waals surface area contributed by atoms with Crippen molar-refractivity contribution in [1.29, 1.82) is 0 Å². The lowest BCUT2D eigenvalue weighted by molar-refractivity contribution is -0.123. The summed E-state index contributed by atoms with van der Waals surface area (Å²) < 4.78 is 10.4. The minimum Gasteiger partial charge on any atom is -0.507 e. The number of anilines is 1. The molecule has 3 aromatic rings. The maximum Gasteiger partial charge on any atom is 0.291 e. The molecular formula is C20H17N3O6. The van der Waals surface area contributed by atoms with E-state index in [1.54, 1.807) is 36.4 Å². The SMILES string of the molecule is O=C(COc1cccc(NC(=O)c2ccco2)c1)NNC(=O)c1ccccc1O.